The number of benzene rings is 1. The molecule has 0 bridgehead atoms. The van der Waals surface area contributed by atoms with Crippen LogP contribution in [-0.2, 0) is 0 Å². The molecule has 4 nitrogen and oxygen atoms in total. The zero-order chi connectivity index (χ0) is 10.1. The second kappa shape index (κ2) is 3.06. The Morgan fingerprint density at radius 1 is 1.29 bits per heavy atom. The Balaban J connectivity index is 2.54. The summed E-state index contributed by atoms with van der Waals surface area (Å²) in [4.78, 5) is 13.5. The molecule has 0 aliphatic rings. The largest absolute Gasteiger partial charge is 0.508 e. The van der Waals surface area contributed by atoms with E-state index in [9.17, 15) is 4.79 Å². The topological polar surface area (TPSA) is 66.2 Å². The summed E-state index contributed by atoms with van der Waals surface area (Å²) in [7, 11) is 0. The average Bonchev–Trinajstić information content (AvgIpc) is 2.47. The zero-order valence-electron chi connectivity index (χ0n) is 7.57. The fourth-order valence-corrected chi connectivity index (χ4v) is 1.31. The molecule has 1 heterocycles. The van der Waals surface area contributed by atoms with Gasteiger partial charge in [-0.1, -0.05) is 0 Å². The summed E-state index contributed by atoms with van der Waals surface area (Å²) < 4.78 is 4.83. The lowest BCUT2D eigenvalue weighted by Crippen LogP contribution is -1.94. The molecule has 2 aromatic rings. The summed E-state index contributed by atoms with van der Waals surface area (Å²) in [5, 5.41) is 9.08. The van der Waals surface area contributed by atoms with Crippen molar-refractivity contribution >= 4 is 0 Å². The number of H-pyrrole nitrogens is 1. The van der Waals surface area contributed by atoms with E-state index in [0.717, 1.165) is 5.56 Å². The number of phenols is 1. The number of hydrogen-bond acceptors (Lipinski definition) is 3. The molecule has 0 saturated carbocycles. The van der Waals surface area contributed by atoms with Gasteiger partial charge in [0.25, 0.3) is 0 Å². The van der Waals surface area contributed by atoms with Crippen molar-refractivity contribution in [3.63, 3.8) is 0 Å². The van der Waals surface area contributed by atoms with E-state index in [1.54, 1.807) is 31.2 Å². The summed E-state index contributed by atoms with van der Waals surface area (Å²) in [5.74, 6) is 0.267. The minimum Gasteiger partial charge on any atom is -0.508 e. The molecule has 0 radical (unpaired) electrons. The molecule has 0 fully saturated rings. The van der Waals surface area contributed by atoms with Crippen molar-refractivity contribution in [1.29, 1.82) is 0 Å². The highest BCUT2D eigenvalue weighted by Crippen LogP contribution is 2.21. The van der Waals surface area contributed by atoms with Gasteiger partial charge in [-0.3, -0.25) is 4.98 Å². The molecule has 0 spiro atoms. The molecular weight excluding hydrogens is 182 g/mol. The Morgan fingerprint density at radius 2 is 1.93 bits per heavy atom. The highest BCUT2D eigenvalue weighted by Gasteiger charge is 2.06. The SMILES string of the molecule is Cc1oc(=O)[nH]c1-c1ccc(O)cc1. The Hall–Kier alpha value is -1.97. The van der Waals surface area contributed by atoms with E-state index >= 15 is 0 Å². The maximum absolute atomic E-state index is 10.9. The van der Waals surface area contributed by atoms with Crippen LogP contribution in [0.2, 0.25) is 0 Å². The lowest BCUT2D eigenvalue weighted by Gasteiger charge is -1.97. The Bertz CT molecular complexity index is 493. The maximum Gasteiger partial charge on any atom is 0.416 e. The van der Waals surface area contributed by atoms with Gasteiger partial charge in [-0.15, -0.1) is 0 Å². The van der Waals surface area contributed by atoms with Crippen LogP contribution in [0.4, 0.5) is 0 Å². The number of aryl methyl sites for hydroxylation is 1. The molecule has 2 rings (SSSR count). The van der Waals surface area contributed by atoms with Crippen molar-refractivity contribution in [1.82, 2.24) is 4.98 Å². The van der Waals surface area contributed by atoms with Crippen LogP contribution >= 0.6 is 0 Å². The third-order valence-corrected chi connectivity index (χ3v) is 1.98. The molecule has 1 aromatic carbocycles. The molecule has 0 amide bonds. The smallest absolute Gasteiger partial charge is 0.416 e. The molecule has 0 atom stereocenters. The molecule has 14 heavy (non-hydrogen) atoms. The molecule has 1 aromatic heterocycles. The van der Waals surface area contributed by atoms with E-state index in [2.05, 4.69) is 4.98 Å². The van der Waals surface area contributed by atoms with Crippen molar-refractivity contribution in [2.45, 2.75) is 6.92 Å². The Kier molecular flexibility index (Phi) is 1.89. The van der Waals surface area contributed by atoms with Crippen LogP contribution < -0.4 is 5.76 Å². The van der Waals surface area contributed by atoms with Gasteiger partial charge in [0, 0.05) is 5.56 Å². The number of rotatable bonds is 1. The van der Waals surface area contributed by atoms with Gasteiger partial charge in [-0.25, -0.2) is 4.79 Å². The highest BCUT2D eigenvalue weighted by atomic mass is 16.4. The second-order valence-electron chi connectivity index (χ2n) is 2.99. The average molecular weight is 191 g/mol. The first kappa shape index (κ1) is 8.62. The minimum atomic E-state index is -0.467. The number of aromatic hydroxyl groups is 1. The summed E-state index contributed by atoms with van der Waals surface area (Å²) in [6, 6.07) is 6.53. The predicted molar refractivity (Wildman–Crippen MR) is 51.2 cm³/mol. The van der Waals surface area contributed by atoms with Crippen molar-refractivity contribution in [2.24, 2.45) is 0 Å². The van der Waals surface area contributed by atoms with Gasteiger partial charge in [-0.05, 0) is 31.2 Å². The van der Waals surface area contributed by atoms with Crippen molar-refractivity contribution < 1.29 is 9.52 Å². The van der Waals surface area contributed by atoms with E-state index < -0.39 is 5.76 Å². The Morgan fingerprint density at radius 3 is 2.43 bits per heavy atom. The number of hydrogen-bond donors (Lipinski definition) is 2. The quantitative estimate of drug-likeness (QED) is 0.720. The molecule has 72 valence electrons. The van der Waals surface area contributed by atoms with Gasteiger partial charge in [0.15, 0.2) is 0 Å². The third kappa shape index (κ3) is 1.42. The number of aromatic nitrogens is 1. The van der Waals surface area contributed by atoms with Crippen LogP contribution in [0.3, 0.4) is 0 Å². The van der Waals surface area contributed by atoms with Gasteiger partial charge >= 0.3 is 5.76 Å². The molecule has 0 aliphatic heterocycles. The molecule has 2 N–H and O–H groups in total. The maximum atomic E-state index is 10.9. The summed E-state index contributed by atoms with van der Waals surface area (Å²) in [5.41, 5.74) is 1.46. The van der Waals surface area contributed by atoms with Crippen molar-refractivity contribution in [2.75, 3.05) is 0 Å². The van der Waals surface area contributed by atoms with E-state index in [1.807, 2.05) is 0 Å². The Labute approximate surface area is 79.8 Å². The van der Waals surface area contributed by atoms with E-state index in [1.165, 1.54) is 0 Å². The number of oxazole rings is 1. The monoisotopic (exact) mass is 191 g/mol. The van der Waals surface area contributed by atoms with E-state index in [4.69, 9.17) is 9.52 Å². The predicted octanol–water partition coefficient (Wildman–Crippen LogP) is 1.65. The molecule has 0 saturated heterocycles. The number of aromatic amines is 1. The summed E-state index contributed by atoms with van der Waals surface area (Å²) >= 11 is 0. The highest BCUT2D eigenvalue weighted by molar-refractivity contribution is 5.61. The van der Waals surface area contributed by atoms with Crippen LogP contribution in [0.5, 0.6) is 5.75 Å². The molecule has 4 heteroatoms. The summed E-state index contributed by atoms with van der Waals surface area (Å²) in [6.45, 7) is 1.71. The van der Waals surface area contributed by atoms with Crippen LogP contribution in [-0.4, -0.2) is 10.1 Å². The van der Waals surface area contributed by atoms with Gasteiger partial charge in [-0.2, -0.15) is 0 Å². The van der Waals surface area contributed by atoms with Crippen molar-refractivity contribution in [3.8, 4) is 17.0 Å². The van der Waals surface area contributed by atoms with Crippen LogP contribution in [0.25, 0.3) is 11.3 Å². The van der Waals surface area contributed by atoms with Crippen LogP contribution in [0.1, 0.15) is 5.76 Å². The van der Waals surface area contributed by atoms with Crippen molar-refractivity contribution in [3.05, 3.63) is 40.6 Å². The molecule has 0 unspecified atom stereocenters. The second-order valence-corrected chi connectivity index (χ2v) is 2.99. The fourth-order valence-electron chi connectivity index (χ4n) is 1.31. The van der Waals surface area contributed by atoms with E-state index in [-0.39, 0.29) is 5.75 Å². The lowest BCUT2D eigenvalue weighted by molar-refractivity contribution is 0.475. The first-order valence-corrected chi connectivity index (χ1v) is 4.16. The normalized spacial score (nSPS) is 10.4. The standard InChI is InChI=1S/C10H9NO3/c1-6-9(11-10(13)14-6)7-2-4-8(12)5-3-7/h2-5,12H,1H3,(H,11,13). The minimum absolute atomic E-state index is 0.192. The third-order valence-electron chi connectivity index (χ3n) is 1.98. The number of phenolic OH excluding ortho intramolecular Hbond substituents is 1. The van der Waals surface area contributed by atoms with Gasteiger partial charge in [0.05, 0.1) is 5.69 Å². The lowest BCUT2D eigenvalue weighted by atomic mass is 10.1. The van der Waals surface area contributed by atoms with Crippen LogP contribution in [0.15, 0.2) is 33.5 Å². The summed E-state index contributed by atoms with van der Waals surface area (Å²) in [6.07, 6.45) is 0. The molecular formula is C10H9NO3. The fraction of sp³-hybridized carbons (Fsp3) is 0.100. The first-order chi connectivity index (χ1) is 6.66. The van der Waals surface area contributed by atoms with Gasteiger partial charge in [0.2, 0.25) is 0 Å². The molecule has 0 aliphatic carbocycles. The first-order valence-electron chi connectivity index (χ1n) is 4.16. The van der Waals surface area contributed by atoms with Crippen LogP contribution in [0, 0.1) is 6.92 Å². The van der Waals surface area contributed by atoms with E-state index in [0.29, 0.717) is 11.5 Å². The van der Waals surface area contributed by atoms with Gasteiger partial charge < -0.3 is 9.52 Å². The number of nitrogens with one attached hydrogen (secondary N) is 1. The van der Waals surface area contributed by atoms with Gasteiger partial charge in [0.1, 0.15) is 11.5 Å². The zero-order valence-corrected chi connectivity index (χ0v) is 7.57.